The van der Waals surface area contributed by atoms with Gasteiger partial charge in [0.05, 0.1) is 10.7 Å². The number of aliphatic hydroxyl groups is 1. The molecule has 2 rings (SSSR count). The van der Waals surface area contributed by atoms with Crippen LogP contribution in [0.15, 0.2) is 42.5 Å². The number of ether oxygens (including phenoxy) is 1. The molecule has 112 valence electrons. The van der Waals surface area contributed by atoms with E-state index >= 15 is 0 Å². The fraction of sp³-hybridized carbons (Fsp3) is 0.200. The maximum atomic E-state index is 13.1. The summed E-state index contributed by atoms with van der Waals surface area (Å²) in [5, 5.41) is 13.7. The number of rotatable bonds is 6. The van der Waals surface area contributed by atoms with Crippen molar-refractivity contribution in [1.82, 2.24) is 0 Å². The summed E-state index contributed by atoms with van der Waals surface area (Å²) in [6.07, 6.45) is -0.775. The highest BCUT2D eigenvalue weighted by molar-refractivity contribution is 6.33. The Morgan fingerprint density at radius 1 is 1.19 bits per heavy atom. The van der Waals surface area contributed by atoms with E-state index in [9.17, 15) is 9.50 Å². The highest BCUT2D eigenvalue weighted by atomic mass is 35.5. The Morgan fingerprint density at radius 2 is 2.00 bits per heavy atom. The zero-order valence-electron chi connectivity index (χ0n) is 11.0. The Hall–Kier alpha value is -1.49. The molecule has 0 aromatic heterocycles. The molecule has 0 radical (unpaired) electrons. The molecule has 0 spiro atoms. The van der Waals surface area contributed by atoms with Gasteiger partial charge in [-0.2, -0.15) is 0 Å². The lowest BCUT2D eigenvalue weighted by molar-refractivity contribution is 0.117. The first-order chi connectivity index (χ1) is 10.0. The minimum atomic E-state index is -0.775. The van der Waals surface area contributed by atoms with Gasteiger partial charge < -0.3 is 15.2 Å². The minimum Gasteiger partial charge on any atom is -0.491 e. The molecule has 21 heavy (non-hydrogen) atoms. The van der Waals surface area contributed by atoms with Gasteiger partial charge in [-0.3, -0.25) is 0 Å². The van der Waals surface area contributed by atoms with Crippen molar-refractivity contribution in [2.75, 3.05) is 18.5 Å². The van der Waals surface area contributed by atoms with E-state index in [1.165, 1.54) is 18.2 Å². The normalized spacial score (nSPS) is 12.0. The van der Waals surface area contributed by atoms with Gasteiger partial charge in [0, 0.05) is 11.6 Å². The van der Waals surface area contributed by atoms with E-state index in [0.717, 1.165) is 0 Å². The summed E-state index contributed by atoms with van der Waals surface area (Å²) in [7, 11) is 0. The highest BCUT2D eigenvalue weighted by Gasteiger charge is 2.08. The second-order valence-corrected chi connectivity index (χ2v) is 5.27. The molecule has 6 heteroatoms. The lowest BCUT2D eigenvalue weighted by atomic mass is 10.3. The number of benzene rings is 2. The molecule has 0 amide bonds. The zero-order chi connectivity index (χ0) is 15.2. The van der Waals surface area contributed by atoms with E-state index in [-0.39, 0.29) is 13.2 Å². The van der Waals surface area contributed by atoms with Gasteiger partial charge in [-0.15, -0.1) is 0 Å². The second-order valence-electron chi connectivity index (χ2n) is 4.43. The van der Waals surface area contributed by atoms with Crippen LogP contribution in [0.25, 0.3) is 0 Å². The van der Waals surface area contributed by atoms with Crippen molar-refractivity contribution in [2.24, 2.45) is 0 Å². The Morgan fingerprint density at radius 3 is 2.76 bits per heavy atom. The molecule has 0 fully saturated rings. The van der Waals surface area contributed by atoms with Crippen molar-refractivity contribution in [3.8, 4) is 5.75 Å². The molecule has 1 atom stereocenters. The third-order valence-electron chi connectivity index (χ3n) is 2.70. The molecule has 0 aliphatic carbocycles. The molecule has 0 heterocycles. The Kier molecular flexibility index (Phi) is 5.67. The van der Waals surface area contributed by atoms with Crippen LogP contribution in [-0.2, 0) is 0 Å². The number of hydrogen-bond acceptors (Lipinski definition) is 3. The highest BCUT2D eigenvalue weighted by Crippen LogP contribution is 2.22. The van der Waals surface area contributed by atoms with Crippen LogP contribution in [0, 0.1) is 5.82 Å². The molecular formula is C15H14Cl2FNO2. The Balaban J connectivity index is 1.82. The summed E-state index contributed by atoms with van der Waals surface area (Å²) in [5.41, 5.74) is 0.429. The van der Waals surface area contributed by atoms with Crippen molar-refractivity contribution in [3.63, 3.8) is 0 Å². The smallest absolute Gasteiger partial charge is 0.125 e. The minimum absolute atomic E-state index is 0.0836. The third-order valence-corrected chi connectivity index (χ3v) is 3.26. The number of hydrogen-bond donors (Lipinski definition) is 2. The molecule has 0 saturated heterocycles. The Labute approximate surface area is 132 Å². The van der Waals surface area contributed by atoms with Crippen molar-refractivity contribution in [3.05, 3.63) is 58.3 Å². The maximum Gasteiger partial charge on any atom is 0.125 e. The molecule has 0 bridgehead atoms. The summed E-state index contributed by atoms with van der Waals surface area (Å²) in [6.45, 7) is 0.268. The monoisotopic (exact) mass is 329 g/mol. The van der Waals surface area contributed by atoms with E-state index in [1.807, 2.05) is 0 Å². The van der Waals surface area contributed by atoms with Gasteiger partial charge in [-0.1, -0.05) is 29.3 Å². The lowest BCUT2D eigenvalue weighted by Gasteiger charge is -2.15. The average molecular weight is 330 g/mol. The first-order valence-electron chi connectivity index (χ1n) is 6.30. The molecule has 2 N–H and O–H groups in total. The van der Waals surface area contributed by atoms with E-state index < -0.39 is 11.9 Å². The van der Waals surface area contributed by atoms with Gasteiger partial charge in [-0.05, 0) is 36.4 Å². The second kappa shape index (κ2) is 7.50. The van der Waals surface area contributed by atoms with E-state index in [4.69, 9.17) is 27.9 Å². The molecule has 0 saturated carbocycles. The van der Waals surface area contributed by atoms with Gasteiger partial charge in [0.1, 0.15) is 24.3 Å². The molecule has 1 unspecified atom stereocenters. The summed E-state index contributed by atoms with van der Waals surface area (Å²) < 4.78 is 18.5. The fourth-order valence-corrected chi connectivity index (χ4v) is 2.03. The number of nitrogens with one attached hydrogen (secondary N) is 1. The lowest BCUT2D eigenvalue weighted by Crippen LogP contribution is -2.26. The number of halogens is 3. The van der Waals surface area contributed by atoms with Crippen molar-refractivity contribution in [2.45, 2.75) is 6.10 Å². The average Bonchev–Trinajstić information content (AvgIpc) is 2.46. The maximum absolute atomic E-state index is 13.1. The van der Waals surface area contributed by atoms with Gasteiger partial charge in [-0.25, -0.2) is 4.39 Å². The van der Waals surface area contributed by atoms with Gasteiger partial charge in [0.2, 0.25) is 0 Å². The van der Waals surface area contributed by atoms with Gasteiger partial charge in [0.25, 0.3) is 0 Å². The van der Waals surface area contributed by atoms with Crippen LogP contribution in [0.4, 0.5) is 10.1 Å². The Bertz CT molecular complexity index is 610. The summed E-state index contributed by atoms with van der Waals surface area (Å²) >= 11 is 11.7. The van der Waals surface area contributed by atoms with Crippen LogP contribution in [0.5, 0.6) is 5.75 Å². The first-order valence-corrected chi connectivity index (χ1v) is 7.05. The predicted octanol–water partition coefficient (Wildman–Crippen LogP) is 3.98. The van der Waals surface area contributed by atoms with Crippen LogP contribution < -0.4 is 10.1 Å². The van der Waals surface area contributed by atoms with Crippen molar-refractivity contribution in [1.29, 1.82) is 0 Å². The molecule has 2 aromatic carbocycles. The number of anilines is 1. The zero-order valence-corrected chi connectivity index (χ0v) is 12.5. The van der Waals surface area contributed by atoms with E-state index in [2.05, 4.69) is 5.32 Å². The largest absolute Gasteiger partial charge is 0.491 e. The van der Waals surface area contributed by atoms with Gasteiger partial charge >= 0.3 is 0 Å². The van der Waals surface area contributed by atoms with Gasteiger partial charge in [0.15, 0.2) is 0 Å². The van der Waals surface area contributed by atoms with Crippen LogP contribution in [0.2, 0.25) is 10.0 Å². The van der Waals surface area contributed by atoms with E-state index in [0.29, 0.717) is 21.5 Å². The molecule has 0 aliphatic rings. The van der Waals surface area contributed by atoms with E-state index in [1.54, 1.807) is 24.3 Å². The van der Waals surface area contributed by atoms with Crippen molar-refractivity contribution >= 4 is 28.9 Å². The molecule has 0 aliphatic heterocycles. The first kappa shape index (κ1) is 15.9. The molecular weight excluding hydrogens is 316 g/mol. The number of aliphatic hydroxyl groups excluding tert-OH is 1. The predicted molar refractivity (Wildman–Crippen MR) is 82.9 cm³/mol. The summed E-state index contributed by atoms with van der Waals surface area (Å²) in [5.74, 6) is 0.178. The van der Waals surface area contributed by atoms with Crippen LogP contribution in [-0.4, -0.2) is 24.4 Å². The molecule has 2 aromatic rings. The SMILES string of the molecule is OC(CNc1cc(F)ccc1Cl)COc1cccc(Cl)c1. The summed E-state index contributed by atoms with van der Waals surface area (Å²) in [4.78, 5) is 0. The standard InChI is InChI=1S/C15H14Cl2FNO2/c16-10-2-1-3-13(6-10)21-9-12(20)8-19-15-7-11(18)4-5-14(15)17/h1-7,12,19-20H,8-9H2. The van der Waals surface area contributed by atoms with Crippen molar-refractivity contribution < 1.29 is 14.2 Å². The quantitative estimate of drug-likeness (QED) is 0.842. The van der Waals surface area contributed by atoms with Crippen LogP contribution >= 0.6 is 23.2 Å². The fourth-order valence-electron chi connectivity index (χ4n) is 1.67. The molecule has 3 nitrogen and oxygen atoms in total. The third kappa shape index (κ3) is 5.08. The van der Waals surface area contributed by atoms with Crippen LogP contribution in [0.3, 0.4) is 0 Å². The van der Waals surface area contributed by atoms with Crippen LogP contribution in [0.1, 0.15) is 0 Å². The topological polar surface area (TPSA) is 41.5 Å². The summed E-state index contributed by atoms with van der Waals surface area (Å²) in [6, 6.07) is 10.9.